The van der Waals surface area contributed by atoms with Gasteiger partial charge < -0.3 is 9.81 Å². The van der Waals surface area contributed by atoms with Crippen LogP contribution in [-0.2, 0) is 29.0 Å². The molecule has 0 radical (unpaired) electrons. The Morgan fingerprint density at radius 3 is 1.56 bits per heavy atom. The minimum Gasteiger partial charge on any atom is -0.743 e. The van der Waals surface area contributed by atoms with Crippen LogP contribution in [0.3, 0.4) is 0 Å². The predicted octanol–water partition coefficient (Wildman–Crippen LogP) is 1.36. The van der Waals surface area contributed by atoms with Crippen LogP contribution in [0.4, 0.5) is 43.9 Å². The second kappa shape index (κ2) is 7.17. The molecule has 0 bridgehead atoms. The highest BCUT2D eigenvalue weighted by atomic mass is 32.2. The first-order chi connectivity index (χ1) is 10.7. The molecule has 20 heteroatoms. The average Bonchev–Trinajstić information content (AvgIpc) is 2.31. The zero-order valence-corrected chi connectivity index (χ0v) is 12.0. The van der Waals surface area contributed by atoms with Gasteiger partial charge in [-0.3, -0.25) is 5.04 Å². The van der Waals surface area contributed by atoms with E-state index < -0.39 is 51.2 Å². The average molecular weight is 442 g/mol. The lowest BCUT2D eigenvalue weighted by Crippen LogP contribution is -2.54. The third-order valence-electron chi connectivity index (χ3n) is 1.65. The summed E-state index contributed by atoms with van der Waals surface area (Å²) in [6, 6.07) is 0. The van der Waals surface area contributed by atoms with Crippen LogP contribution in [0.5, 0.6) is 0 Å². The maximum absolute atomic E-state index is 12.7. The molecule has 8 nitrogen and oxygen atoms in total. The van der Waals surface area contributed by atoms with E-state index in [0.717, 1.165) is 0 Å². The molecule has 0 fully saturated rings. The predicted molar refractivity (Wildman–Crippen MR) is 46.4 cm³/mol. The fourth-order valence-corrected chi connectivity index (χ4v) is 1.27. The molecule has 0 aliphatic rings. The monoisotopic (exact) mass is 442 g/mol. The fourth-order valence-electron chi connectivity index (χ4n) is 0.689. The number of hydrogen-bond acceptors (Lipinski definition) is 9. The number of rotatable bonds is 10. The van der Waals surface area contributed by atoms with Crippen LogP contribution in [0.1, 0.15) is 0 Å². The lowest BCUT2D eigenvalue weighted by Gasteiger charge is -2.32. The number of halogens is 10. The maximum atomic E-state index is 12.7. The summed E-state index contributed by atoms with van der Waals surface area (Å²) in [7, 11) is -7.37. The summed E-state index contributed by atoms with van der Waals surface area (Å²) in [5.41, 5.74) is 0. The first kappa shape index (κ1) is 24.4. The molecule has 0 spiro atoms. The van der Waals surface area contributed by atoms with Gasteiger partial charge in [-0.2, -0.15) is 39.5 Å². The van der Waals surface area contributed by atoms with E-state index >= 15 is 0 Å². The lowest BCUT2D eigenvalue weighted by atomic mass is 10.6. The highest BCUT2D eigenvalue weighted by molar-refractivity contribution is 7.95. The topological polar surface area (TPSA) is 117 Å². The largest absolute Gasteiger partial charge is 0.743 e. The third-order valence-corrected chi connectivity index (χ3v) is 3.09. The van der Waals surface area contributed by atoms with Crippen molar-refractivity contribution in [2.75, 3.05) is 0 Å². The number of hydrogen-bond donors (Lipinski definition) is 0. The van der Waals surface area contributed by atoms with E-state index in [1.807, 2.05) is 4.74 Å². The van der Waals surface area contributed by atoms with Gasteiger partial charge in [0.25, 0.3) is 0 Å². The molecule has 0 atom stereocenters. The molecule has 0 amide bonds. The Kier molecular flexibility index (Phi) is 6.99. The molecule has 0 heterocycles. The van der Waals surface area contributed by atoms with Gasteiger partial charge in [0.05, 0.1) is 0 Å². The zero-order valence-electron chi connectivity index (χ0n) is 10.4. The molecule has 0 saturated carbocycles. The molecule has 0 aromatic heterocycles. The Hall–Kier alpha value is -0.640. The van der Waals surface area contributed by atoms with Gasteiger partial charge in [-0.05, 0) is 0 Å². The van der Waals surface area contributed by atoms with Crippen LogP contribution in [0.25, 0.3) is 0 Å². The minimum atomic E-state index is -7.37. The summed E-state index contributed by atoms with van der Waals surface area (Å²) in [6.07, 6.45) is -20.2. The third kappa shape index (κ3) is 5.67. The van der Waals surface area contributed by atoms with Crippen LogP contribution in [-0.4, -0.2) is 42.0 Å². The van der Waals surface area contributed by atoms with Crippen molar-refractivity contribution in [1.29, 1.82) is 0 Å². The summed E-state index contributed by atoms with van der Waals surface area (Å²) < 4.78 is 162. The Morgan fingerprint density at radius 1 is 0.800 bits per heavy atom. The molecule has 25 heavy (non-hydrogen) atoms. The molecule has 152 valence electrons. The van der Waals surface area contributed by atoms with Gasteiger partial charge in [-0.25, -0.2) is 17.9 Å². The van der Waals surface area contributed by atoms with E-state index in [-0.39, 0.29) is 0 Å². The van der Waals surface area contributed by atoms with E-state index in [1.165, 1.54) is 0 Å². The van der Waals surface area contributed by atoms with Gasteiger partial charge in [-0.1, -0.05) is 0 Å². The van der Waals surface area contributed by atoms with Gasteiger partial charge >= 0.3 is 29.0 Å². The quantitative estimate of drug-likeness (QED) is 0.123. The highest BCUT2D eigenvalue weighted by Crippen LogP contribution is 2.49. The first-order valence-corrected chi connectivity index (χ1v) is 6.76. The van der Waals surface area contributed by atoms with Crippen LogP contribution >= 0.6 is 12.0 Å². The Balaban J connectivity index is 5.46. The summed E-state index contributed by atoms with van der Waals surface area (Å²) in [5, 5.41) is -1.55. The van der Waals surface area contributed by atoms with Crippen LogP contribution in [0, 0.1) is 0 Å². The van der Waals surface area contributed by atoms with Crippen LogP contribution in [0.15, 0.2) is 0 Å². The normalized spacial score (nSPS) is 15.5. The highest BCUT2D eigenvalue weighted by Gasteiger charge is 2.71. The lowest BCUT2D eigenvalue weighted by molar-refractivity contribution is -0.777. The first-order valence-electron chi connectivity index (χ1n) is 4.61. The summed E-state index contributed by atoms with van der Waals surface area (Å²) in [6.45, 7) is 0. The molecule has 0 N–H and O–H groups in total. The molecular formula is C5F10O8S2-2. The molecule has 0 aromatic rings. The Bertz CT molecular complexity index is 564. The zero-order chi connectivity index (χ0) is 20.5. The summed E-state index contributed by atoms with van der Waals surface area (Å²) in [5.74, 6) is 0. The Morgan fingerprint density at radius 2 is 1.20 bits per heavy atom. The minimum absolute atomic E-state index is 1.68. The van der Waals surface area contributed by atoms with E-state index in [2.05, 4.69) is 9.37 Å². The SMILES string of the molecule is O=S(=O)([O-])C(F)(F)C(F)(F)OC(F)(F)OC(F)(F)C(F)(F)SOO[O-]. The molecule has 0 rings (SSSR count). The smallest absolute Gasteiger partial charge is 0.495 e. The molecular weight excluding hydrogens is 442 g/mol. The summed E-state index contributed by atoms with van der Waals surface area (Å²) in [4.78, 5) is 0. The molecule has 0 unspecified atom stereocenters. The van der Waals surface area contributed by atoms with Crippen molar-refractivity contribution in [3.63, 3.8) is 0 Å². The van der Waals surface area contributed by atoms with Gasteiger partial charge in [0, 0.05) is 0 Å². The van der Waals surface area contributed by atoms with E-state index in [9.17, 15) is 62.1 Å². The molecule has 0 saturated heterocycles. The van der Waals surface area contributed by atoms with E-state index in [1.54, 1.807) is 4.74 Å². The fraction of sp³-hybridized carbons (Fsp3) is 1.00. The van der Waals surface area contributed by atoms with Crippen molar-refractivity contribution in [3.8, 4) is 0 Å². The second-order valence-electron chi connectivity index (χ2n) is 3.41. The van der Waals surface area contributed by atoms with Crippen LogP contribution in [0.2, 0.25) is 0 Å². The molecule has 0 aliphatic carbocycles. The van der Waals surface area contributed by atoms with E-state index in [4.69, 9.17) is 0 Å². The second-order valence-corrected chi connectivity index (χ2v) is 5.64. The van der Waals surface area contributed by atoms with Gasteiger partial charge in [0.1, 0.15) is 12.0 Å². The molecule has 0 aromatic carbocycles. The maximum Gasteiger partial charge on any atom is 0.495 e. The van der Waals surface area contributed by atoms with Gasteiger partial charge in [-0.15, -0.1) is 8.78 Å². The van der Waals surface area contributed by atoms with Crippen molar-refractivity contribution in [3.05, 3.63) is 0 Å². The van der Waals surface area contributed by atoms with Crippen molar-refractivity contribution in [2.24, 2.45) is 0 Å². The number of alkyl halides is 10. The van der Waals surface area contributed by atoms with Crippen LogP contribution < -0.4 is 5.26 Å². The number of ether oxygens (including phenoxy) is 2. The molecule has 0 aliphatic heterocycles. The van der Waals surface area contributed by atoms with Crippen molar-refractivity contribution in [2.45, 2.75) is 29.0 Å². The van der Waals surface area contributed by atoms with Gasteiger partial charge in [0.2, 0.25) is 0 Å². The van der Waals surface area contributed by atoms with Gasteiger partial charge in [0.15, 0.2) is 10.1 Å². The summed E-state index contributed by atoms with van der Waals surface area (Å²) >= 11 is -1.96. The Labute approximate surface area is 133 Å². The van der Waals surface area contributed by atoms with Crippen molar-refractivity contribution in [1.82, 2.24) is 0 Å². The van der Waals surface area contributed by atoms with E-state index in [0.29, 0.717) is 0 Å². The van der Waals surface area contributed by atoms with Crippen molar-refractivity contribution < 1.29 is 81.0 Å². The van der Waals surface area contributed by atoms with Crippen molar-refractivity contribution >= 4 is 22.2 Å². The standard InChI is InChI=1S/C5H2F10O8S2/c6-1(7,3(10,11)24-23-22-16)20-5(14,15)21-2(8,9)4(12,13)25(17,18)19/h16H,(H,17,18,19)/p-2.